The molecular weight excluding hydrogens is 428 g/mol. The summed E-state index contributed by atoms with van der Waals surface area (Å²) < 4.78 is 0. The monoisotopic (exact) mass is 468 g/mol. The summed E-state index contributed by atoms with van der Waals surface area (Å²) in [6, 6.07) is 0. The summed E-state index contributed by atoms with van der Waals surface area (Å²) in [5.41, 5.74) is -1.04. The maximum atomic E-state index is 10.6. The zero-order valence-electron chi connectivity index (χ0n) is 18.6. The van der Waals surface area contributed by atoms with Gasteiger partial charge in [0.2, 0.25) is 0 Å². The Hall–Kier alpha value is -1.79. The molecule has 0 aliphatic rings. The van der Waals surface area contributed by atoms with Crippen molar-refractivity contribution in [3.63, 3.8) is 0 Å². The molecular formula is C21H40O11. The van der Waals surface area contributed by atoms with Gasteiger partial charge in [-0.05, 0) is 62.2 Å². The summed E-state index contributed by atoms with van der Waals surface area (Å²) in [4.78, 5) is 31.6. The van der Waals surface area contributed by atoms with Crippen molar-refractivity contribution in [2.75, 3.05) is 33.0 Å². The highest BCUT2D eigenvalue weighted by Gasteiger charge is 2.30. The number of hydrogen-bond acceptors (Lipinski definition) is 8. The van der Waals surface area contributed by atoms with Crippen LogP contribution < -0.4 is 0 Å². The molecule has 0 bridgehead atoms. The maximum absolute atomic E-state index is 10.6. The average Bonchev–Trinajstić information content (AvgIpc) is 2.71. The van der Waals surface area contributed by atoms with E-state index in [1.165, 1.54) is 0 Å². The molecule has 0 amide bonds. The second-order valence-electron chi connectivity index (χ2n) is 8.05. The molecule has 11 nitrogen and oxygen atoms in total. The molecule has 0 aliphatic carbocycles. The fraction of sp³-hybridized carbons (Fsp3) is 0.857. The molecule has 0 saturated heterocycles. The van der Waals surface area contributed by atoms with E-state index in [1.807, 2.05) is 0 Å². The van der Waals surface area contributed by atoms with Crippen LogP contribution in [0.1, 0.15) is 70.6 Å². The third-order valence-electron chi connectivity index (χ3n) is 5.82. The molecule has 0 aromatic carbocycles. The van der Waals surface area contributed by atoms with E-state index in [9.17, 15) is 14.4 Å². The van der Waals surface area contributed by atoms with Crippen LogP contribution in [0, 0.1) is 10.8 Å². The molecule has 32 heavy (non-hydrogen) atoms. The van der Waals surface area contributed by atoms with Crippen LogP contribution in [0.25, 0.3) is 0 Å². The smallest absolute Gasteiger partial charge is 0.303 e. The molecule has 0 heterocycles. The lowest BCUT2D eigenvalue weighted by Gasteiger charge is -2.32. The minimum absolute atomic E-state index is 0.000000000000000222. The highest BCUT2D eigenvalue weighted by molar-refractivity contribution is 5.67. The minimum Gasteiger partial charge on any atom is -0.481 e. The Labute approximate surface area is 188 Å². The zero-order valence-corrected chi connectivity index (χ0v) is 18.6. The van der Waals surface area contributed by atoms with Gasteiger partial charge >= 0.3 is 17.9 Å². The lowest BCUT2D eigenvalue weighted by atomic mass is 9.74. The molecule has 11 heteroatoms. The third-order valence-corrected chi connectivity index (χ3v) is 5.82. The summed E-state index contributed by atoms with van der Waals surface area (Å²) in [5.74, 6) is -2.81. The van der Waals surface area contributed by atoms with Gasteiger partial charge in [0.25, 0.3) is 0 Å². The molecule has 0 aromatic rings. The van der Waals surface area contributed by atoms with E-state index in [-0.39, 0.29) is 65.1 Å². The molecule has 0 atom stereocenters. The van der Waals surface area contributed by atoms with Crippen LogP contribution in [0.4, 0.5) is 0 Å². The van der Waals surface area contributed by atoms with Crippen molar-refractivity contribution in [2.45, 2.75) is 70.6 Å². The quantitative estimate of drug-likeness (QED) is 0.130. The first kappa shape index (κ1) is 32.4. The Kier molecular flexibility index (Phi) is 19.0. The van der Waals surface area contributed by atoms with E-state index >= 15 is 0 Å². The van der Waals surface area contributed by atoms with Crippen molar-refractivity contribution in [2.24, 2.45) is 10.8 Å². The molecule has 0 saturated carbocycles. The molecule has 0 fully saturated rings. The Morgan fingerprint density at radius 1 is 0.406 bits per heavy atom. The molecule has 8 N–H and O–H groups in total. The predicted octanol–water partition coefficient (Wildman–Crippen LogP) is 0.452. The van der Waals surface area contributed by atoms with Gasteiger partial charge in [-0.15, -0.1) is 0 Å². The summed E-state index contributed by atoms with van der Waals surface area (Å²) in [6.45, 7) is -0.447. The Morgan fingerprint density at radius 2 is 0.594 bits per heavy atom. The van der Waals surface area contributed by atoms with Crippen molar-refractivity contribution in [3.05, 3.63) is 0 Å². The predicted molar refractivity (Wildman–Crippen MR) is 114 cm³/mol. The van der Waals surface area contributed by atoms with E-state index in [4.69, 9.17) is 40.9 Å². The van der Waals surface area contributed by atoms with Crippen LogP contribution in [0.2, 0.25) is 0 Å². The van der Waals surface area contributed by atoms with Gasteiger partial charge in [0.15, 0.2) is 0 Å². The first-order chi connectivity index (χ1) is 15.1. The van der Waals surface area contributed by atoms with Crippen molar-refractivity contribution < 1.29 is 55.2 Å². The second-order valence-corrected chi connectivity index (χ2v) is 8.05. The fourth-order valence-electron chi connectivity index (χ4n) is 3.80. The average molecular weight is 469 g/mol. The van der Waals surface area contributed by atoms with E-state index in [2.05, 4.69) is 0 Å². The molecule has 0 rings (SSSR count). The van der Waals surface area contributed by atoms with Gasteiger partial charge in [-0.1, -0.05) is 0 Å². The van der Waals surface area contributed by atoms with Gasteiger partial charge in [-0.3, -0.25) is 14.4 Å². The standard InChI is InChI=1S/C11H20O6.C10H20O5/c12-7-5-11(6-8-13,3-1-9(14)15)4-2-10(16)17;11-6-3-10(4-7-12,5-8-13)2-1-9(14)15/h12-13H,1-8H2,(H,14,15)(H,16,17);11-13H,1-8H2,(H,14,15). The van der Waals surface area contributed by atoms with Gasteiger partial charge in [0.05, 0.1) is 0 Å². The van der Waals surface area contributed by atoms with Crippen molar-refractivity contribution in [3.8, 4) is 0 Å². The van der Waals surface area contributed by atoms with Crippen LogP contribution in [-0.4, -0.2) is 91.8 Å². The second kappa shape index (κ2) is 18.8. The fourth-order valence-corrected chi connectivity index (χ4v) is 3.80. The molecule has 0 radical (unpaired) electrons. The molecule has 190 valence electrons. The number of aliphatic hydroxyl groups excluding tert-OH is 5. The van der Waals surface area contributed by atoms with Crippen LogP contribution in [0.15, 0.2) is 0 Å². The first-order valence-corrected chi connectivity index (χ1v) is 10.8. The van der Waals surface area contributed by atoms with E-state index in [0.29, 0.717) is 38.5 Å². The molecule has 0 aliphatic heterocycles. The van der Waals surface area contributed by atoms with Crippen LogP contribution in [0.5, 0.6) is 0 Å². The normalized spacial score (nSPS) is 11.5. The minimum atomic E-state index is -0.958. The SMILES string of the molecule is O=C(O)CCC(CCO)(CCO)CCC(=O)O.O=C(O)CCC(CCO)(CCO)CCO. The summed E-state index contributed by atoms with van der Waals surface area (Å²) in [7, 11) is 0. The van der Waals surface area contributed by atoms with Gasteiger partial charge in [-0.2, -0.15) is 0 Å². The molecule has 0 spiro atoms. The van der Waals surface area contributed by atoms with Crippen LogP contribution in [-0.2, 0) is 14.4 Å². The van der Waals surface area contributed by atoms with Gasteiger partial charge in [0.1, 0.15) is 0 Å². The Morgan fingerprint density at radius 3 is 0.750 bits per heavy atom. The summed E-state index contributed by atoms with van der Waals surface area (Å²) >= 11 is 0. The van der Waals surface area contributed by atoms with E-state index < -0.39 is 28.7 Å². The lowest BCUT2D eigenvalue weighted by Crippen LogP contribution is -2.26. The number of aliphatic hydroxyl groups is 5. The topological polar surface area (TPSA) is 213 Å². The van der Waals surface area contributed by atoms with Crippen LogP contribution in [0.3, 0.4) is 0 Å². The summed E-state index contributed by atoms with van der Waals surface area (Å²) in [6.07, 6.45) is 2.64. The van der Waals surface area contributed by atoms with Gasteiger partial charge in [-0.25, -0.2) is 0 Å². The number of carbonyl (C=O) groups is 3. The zero-order chi connectivity index (χ0) is 25.0. The maximum Gasteiger partial charge on any atom is 0.303 e. The van der Waals surface area contributed by atoms with E-state index in [0.717, 1.165) is 0 Å². The van der Waals surface area contributed by atoms with Gasteiger partial charge in [0, 0.05) is 52.3 Å². The molecule has 0 unspecified atom stereocenters. The first-order valence-electron chi connectivity index (χ1n) is 10.8. The third kappa shape index (κ3) is 15.9. The highest BCUT2D eigenvalue weighted by atomic mass is 16.4. The largest absolute Gasteiger partial charge is 0.481 e. The van der Waals surface area contributed by atoms with Crippen molar-refractivity contribution >= 4 is 17.9 Å². The number of hydrogen-bond donors (Lipinski definition) is 8. The van der Waals surface area contributed by atoms with Crippen molar-refractivity contribution in [1.82, 2.24) is 0 Å². The van der Waals surface area contributed by atoms with Gasteiger partial charge < -0.3 is 40.9 Å². The Balaban J connectivity index is 0. The van der Waals surface area contributed by atoms with E-state index in [1.54, 1.807) is 0 Å². The van der Waals surface area contributed by atoms with Crippen LogP contribution >= 0.6 is 0 Å². The number of carboxylic acid groups (broad SMARTS) is 3. The summed E-state index contributed by atoms with van der Waals surface area (Å²) in [5, 5.41) is 70.6. The Bertz CT molecular complexity index is 479. The number of rotatable bonds is 19. The highest BCUT2D eigenvalue weighted by Crippen LogP contribution is 2.37. The van der Waals surface area contributed by atoms with Crippen molar-refractivity contribution in [1.29, 1.82) is 0 Å². The number of carboxylic acids is 3. The number of aliphatic carboxylic acids is 3. The molecule has 0 aromatic heterocycles. The lowest BCUT2D eigenvalue weighted by molar-refractivity contribution is -0.139.